The van der Waals surface area contributed by atoms with Crippen molar-refractivity contribution in [1.29, 1.82) is 0 Å². The quantitative estimate of drug-likeness (QED) is 0.831. The number of nitrogens with zero attached hydrogens (tertiary/aromatic N) is 2. The lowest BCUT2D eigenvalue weighted by Crippen LogP contribution is -2.23. The van der Waals surface area contributed by atoms with Gasteiger partial charge in [-0.05, 0) is 19.1 Å². The van der Waals surface area contributed by atoms with Gasteiger partial charge in [0, 0.05) is 12.0 Å². The van der Waals surface area contributed by atoms with Gasteiger partial charge in [-0.3, -0.25) is 4.79 Å². The Morgan fingerprint density at radius 3 is 2.56 bits per heavy atom. The fourth-order valence-electron chi connectivity index (χ4n) is 2.02. The van der Waals surface area contributed by atoms with Crippen molar-refractivity contribution in [3.63, 3.8) is 0 Å². The Morgan fingerprint density at radius 2 is 1.94 bits per heavy atom. The van der Waals surface area contributed by atoms with Crippen molar-refractivity contribution < 1.29 is 4.79 Å². The fraction of sp³-hybridized carbons (Fsp3) is 0.467. The minimum absolute atomic E-state index is 0.229. The predicted octanol–water partition coefficient (Wildman–Crippen LogP) is 3.21. The molecule has 1 heterocycles. The summed E-state index contributed by atoms with van der Waals surface area (Å²) in [6.07, 6.45) is 0.409. The van der Waals surface area contributed by atoms with Crippen molar-refractivity contribution in [2.24, 2.45) is 5.41 Å². The zero-order valence-corrected chi connectivity index (χ0v) is 11.5. The molecular formula is C15H20N2O. The Labute approximate surface area is 108 Å². The Balaban J connectivity index is 2.42. The van der Waals surface area contributed by atoms with Crippen LogP contribution in [0.1, 0.15) is 33.5 Å². The highest BCUT2D eigenvalue weighted by Gasteiger charge is 2.23. The standard InChI is InChI=1S/C15H20N2O/c1-5-17-12-9-7-6-8-11(12)16-14(17)10-13(18)15(2,3)4/h6-9H,5,10H2,1-4H3. The van der Waals surface area contributed by atoms with E-state index in [9.17, 15) is 4.79 Å². The number of hydrogen-bond donors (Lipinski definition) is 0. The van der Waals surface area contributed by atoms with E-state index >= 15 is 0 Å². The molecule has 0 unspecified atom stereocenters. The van der Waals surface area contributed by atoms with Crippen LogP contribution in [-0.2, 0) is 17.8 Å². The summed E-state index contributed by atoms with van der Waals surface area (Å²) in [6.45, 7) is 8.78. The minimum Gasteiger partial charge on any atom is -0.328 e. The summed E-state index contributed by atoms with van der Waals surface area (Å²) >= 11 is 0. The van der Waals surface area contributed by atoms with Gasteiger partial charge >= 0.3 is 0 Å². The van der Waals surface area contributed by atoms with Gasteiger partial charge in [0.1, 0.15) is 11.6 Å². The van der Waals surface area contributed by atoms with Gasteiger partial charge in [-0.15, -0.1) is 0 Å². The topological polar surface area (TPSA) is 34.9 Å². The molecule has 0 saturated heterocycles. The van der Waals surface area contributed by atoms with Crippen molar-refractivity contribution in [2.75, 3.05) is 0 Å². The van der Waals surface area contributed by atoms with Crippen molar-refractivity contribution in [3.05, 3.63) is 30.1 Å². The summed E-state index contributed by atoms with van der Waals surface area (Å²) in [7, 11) is 0. The van der Waals surface area contributed by atoms with Crippen LogP contribution in [0.25, 0.3) is 11.0 Å². The van der Waals surface area contributed by atoms with Crippen LogP contribution in [0.4, 0.5) is 0 Å². The molecule has 0 fully saturated rings. The first-order chi connectivity index (χ1) is 8.43. The van der Waals surface area contributed by atoms with Crippen LogP contribution in [-0.4, -0.2) is 15.3 Å². The van der Waals surface area contributed by atoms with Gasteiger partial charge in [0.15, 0.2) is 0 Å². The fourth-order valence-corrected chi connectivity index (χ4v) is 2.02. The maximum Gasteiger partial charge on any atom is 0.145 e. The molecule has 0 bridgehead atoms. The van der Waals surface area contributed by atoms with E-state index in [1.54, 1.807) is 0 Å². The second-order valence-corrected chi connectivity index (χ2v) is 5.61. The maximum atomic E-state index is 12.1. The van der Waals surface area contributed by atoms with Crippen LogP contribution < -0.4 is 0 Å². The molecule has 2 rings (SSSR count). The lowest BCUT2D eigenvalue weighted by molar-refractivity contribution is -0.125. The Morgan fingerprint density at radius 1 is 1.28 bits per heavy atom. The third-order valence-electron chi connectivity index (χ3n) is 3.21. The molecule has 3 heteroatoms. The molecule has 0 atom stereocenters. The summed E-state index contributed by atoms with van der Waals surface area (Å²) in [5.41, 5.74) is 1.77. The highest BCUT2D eigenvalue weighted by Crippen LogP contribution is 2.21. The summed E-state index contributed by atoms with van der Waals surface area (Å²) in [4.78, 5) is 16.7. The molecule has 0 radical (unpaired) electrons. The molecule has 96 valence electrons. The number of ketones is 1. The van der Waals surface area contributed by atoms with Gasteiger partial charge in [-0.1, -0.05) is 32.9 Å². The van der Waals surface area contributed by atoms with Crippen LogP contribution in [0.5, 0.6) is 0 Å². The van der Waals surface area contributed by atoms with Gasteiger partial charge in [-0.2, -0.15) is 0 Å². The highest BCUT2D eigenvalue weighted by atomic mass is 16.1. The smallest absolute Gasteiger partial charge is 0.145 e. The minimum atomic E-state index is -0.309. The molecule has 0 saturated carbocycles. The monoisotopic (exact) mass is 244 g/mol. The number of carbonyl (C=O) groups excluding carboxylic acids is 1. The molecule has 18 heavy (non-hydrogen) atoms. The zero-order valence-electron chi connectivity index (χ0n) is 11.5. The Kier molecular flexibility index (Phi) is 3.24. The normalized spacial score (nSPS) is 12.0. The first-order valence-electron chi connectivity index (χ1n) is 6.41. The summed E-state index contributed by atoms with van der Waals surface area (Å²) in [5.74, 6) is 1.10. The van der Waals surface area contributed by atoms with Crippen LogP contribution in [0.2, 0.25) is 0 Å². The van der Waals surface area contributed by atoms with Crippen molar-refractivity contribution >= 4 is 16.8 Å². The number of hydrogen-bond acceptors (Lipinski definition) is 2. The van der Waals surface area contributed by atoms with E-state index < -0.39 is 0 Å². The third-order valence-corrected chi connectivity index (χ3v) is 3.21. The van der Waals surface area contributed by atoms with E-state index in [2.05, 4.69) is 22.5 Å². The largest absolute Gasteiger partial charge is 0.328 e. The van der Waals surface area contributed by atoms with E-state index in [0.717, 1.165) is 23.4 Å². The molecule has 0 spiro atoms. The lowest BCUT2D eigenvalue weighted by atomic mass is 9.89. The first kappa shape index (κ1) is 12.8. The zero-order chi connectivity index (χ0) is 13.3. The second kappa shape index (κ2) is 4.56. The van der Waals surface area contributed by atoms with Crippen LogP contribution in [0.15, 0.2) is 24.3 Å². The van der Waals surface area contributed by atoms with Gasteiger partial charge in [0.25, 0.3) is 0 Å². The number of rotatable bonds is 3. The maximum absolute atomic E-state index is 12.1. The van der Waals surface area contributed by atoms with Gasteiger partial charge in [0.05, 0.1) is 17.5 Å². The van der Waals surface area contributed by atoms with Crippen molar-refractivity contribution in [1.82, 2.24) is 9.55 Å². The number of para-hydroxylation sites is 2. The molecule has 1 aromatic carbocycles. The molecular weight excluding hydrogens is 224 g/mol. The molecule has 0 aliphatic rings. The van der Waals surface area contributed by atoms with E-state index in [0.29, 0.717) is 6.42 Å². The number of aryl methyl sites for hydroxylation is 1. The summed E-state index contributed by atoms with van der Waals surface area (Å²) in [6, 6.07) is 8.03. The second-order valence-electron chi connectivity index (χ2n) is 5.61. The SMILES string of the molecule is CCn1c(CC(=O)C(C)(C)C)nc2ccccc21. The molecule has 0 aliphatic carbocycles. The summed E-state index contributed by atoms with van der Waals surface area (Å²) < 4.78 is 2.12. The molecule has 1 aromatic heterocycles. The molecule has 0 N–H and O–H groups in total. The van der Waals surface area contributed by atoms with Crippen LogP contribution in [0.3, 0.4) is 0 Å². The number of carbonyl (C=O) groups is 1. The van der Waals surface area contributed by atoms with Crippen molar-refractivity contribution in [2.45, 2.75) is 40.7 Å². The summed E-state index contributed by atoms with van der Waals surface area (Å²) in [5, 5.41) is 0. The third kappa shape index (κ3) is 2.30. The average Bonchev–Trinajstić information content (AvgIpc) is 2.64. The van der Waals surface area contributed by atoms with Crippen LogP contribution >= 0.6 is 0 Å². The van der Waals surface area contributed by atoms with Crippen LogP contribution in [0, 0.1) is 5.41 Å². The van der Waals surface area contributed by atoms with Crippen molar-refractivity contribution in [3.8, 4) is 0 Å². The predicted molar refractivity (Wildman–Crippen MR) is 73.6 cm³/mol. The highest BCUT2D eigenvalue weighted by molar-refractivity contribution is 5.86. The van der Waals surface area contributed by atoms with E-state index in [4.69, 9.17) is 0 Å². The van der Waals surface area contributed by atoms with Gasteiger partial charge < -0.3 is 4.57 Å². The number of benzene rings is 1. The number of aromatic nitrogens is 2. The number of Topliss-reactive ketones (excluding diaryl/α,β-unsaturated/α-hetero) is 1. The Hall–Kier alpha value is -1.64. The van der Waals surface area contributed by atoms with E-state index in [1.165, 1.54) is 0 Å². The molecule has 0 amide bonds. The Bertz CT molecular complexity index is 576. The molecule has 2 aromatic rings. The first-order valence-corrected chi connectivity index (χ1v) is 6.41. The lowest BCUT2D eigenvalue weighted by Gasteiger charge is -2.16. The average molecular weight is 244 g/mol. The van der Waals surface area contributed by atoms with Gasteiger partial charge in [-0.25, -0.2) is 4.98 Å². The number of fused-ring (bicyclic) bond motifs is 1. The van der Waals surface area contributed by atoms with E-state index in [1.807, 2.05) is 39.0 Å². The molecule has 3 nitrogen and oxygen atoms in total. The van der Waals surface area contributed by atoms with Gasteiger partial charge in [0.2, 0.25) is 0 Å². The molecule has 0 aliphatic heterocycles. The van der Waals surface area contributed by atoms with E-state index in [-0.39, 0.29) is 11.2 Å². The number of imidazole rings is 1.